The number of rotatable bonds is 4. The molecule has 1 atom stereocenters. The third kappa shape index (κ3) is 3.25. The number of hydrogen-bond acceptors (Lipinski definition) is 5. The summed E-state index contributed by atoms with van der Waals surface area (Å²) in [5, 5.41) is 11.9. The van der Waals surface area contributed by atoms with E-state index in [2.05, 4.69) is 90.6 Å². The Bertz CT molecular complexity index is 966. The van der Waals surface area contributed by atoms with Gasteiger partial charge in [-0.25, -0.2) is 0 Å². The fraction of sp³-hybridized carbons (Fsp3) is 0.318. The van der Waals surface area contributed by atoms with Crippen LogP contribution in [0.4, 0.5) is 23.1 Å². The summed E-state index contributed by atoms with van der Waals surface area (Å²) in [4.78, 5) is 7.03. The van der Waals surface area contributed by atoms with Gasteiger partial charge >= 0.3 is 0 Å². The quantitative estimate of drug-likeness (QED) is 0.700. The Morgan fingerprint density at radius 2 is 1.93 bits per heavy atom. The third-order valence-corrected chi connectivity index (χ3v) is 5.16. The Kier molecular flexibility index (Phi) is 4.52. The number of para-hydroxylation sites is 2. The summed E-state index contributed by atoms with van der Waals surface area (Å²) in [7, 11) is 0. The fourth-order valence-corrected chi connectivity index (χ4v) is 3.83. The van der Waals surface area contributed by atoms with Gasteiger partial charge in [0.15, 0.2) is 5.82 Å². The van der Waals surface area contributed by atoms with Gasteiger partial charge in [-0.05, 0) is 48.9 Å². The maximum Gasteiger partial charge on any atom is 0.249 e. The van der Waals surface area contributed by atoms with E-state index < -0.39 is 0 Å². The van der Waals surface area contributed by atoms with Crippen LogP contribution in [0.2, 0.25) is 0 Å². The van der Waals surface area contributed by atoms with Crippen molar-refractivity contribution < 1.29 is 0 Å². The summed E-state index contributed by atoms with van der Waals surface area (Å²) in [5.41, 5.74) is 6.05. The molecule has 0 fully saturated rings. The number of benzene rings is 2. The van der Waals surface area contributed by atoms with Crippen LogP contribution in [0.1, 0.15) is 43.4 Å². The van der Waals surface area contributed by atoms with Gasteiger partial charge in [0.1, 0.15) is 0 Å². The highest BCUT2D eigenvalue weighted by Gasteiger charge is 2.28. The average molecular weight is 359 g/mol. The summed E-state index contributed by atoms with van der Waals surface area (Å²) < 4.78 is 0. The zero-order chi connectivity index (χ0) is 19.0. The van der Waals surface area contributed by atoms with Gasteiger partial charge in [-0.15, -0.1) is 5.10 Å². The van der Waals surface area contributed by atoms with Gasteiger partial charge in [0.05, 0.1) is 6.20 Å². The molecule has 0 aliphatic carbocycles. The lowest BCUT2D eigenvalue weighted by Crippen LogP contribution is -2.25. The average Bonchev–Trinajstić information content (AvgIpc) is 2.99. The minimum Gasteiger partial charge on any atom is -0.322 e. The lowest BCUT2D eigenvalue weighted by atomic mass is 9.98. The zero-order valence-corrected chi connectivity index (χ0v) is 16.3. The van der Waals surface area contributed by atoms with Gasteiger partial charge in [-0.2, -0.15) is 10.1 Å². The minimum absolute atomic E-state index is 0.344. The minimum atomic E-state index is 0.344. The zero-order valence-electron chi connectivity index (χ0n) is 16.3. The van der Waals surface area contributed by atoms with Crippen molar-refractivity contribution in [1.29, 1.82) is 0 Å². The van der Waals surface area contributed by atoms with E-state index >= 15 is 0 Å². The van der Waals surface area contributed by atoms with Crippen LogP contribution in [-0.2, 0) is 6.42 Å². The first-order valence-corrected chi connectivity index (χ1v) is 9.48. The van der Waals surface area contributed by atoms with E-state index in [1.807, 2.05) is 0 Å². The van der Waals surface area contributed by atoms with Crippen molar-refractivity contribution in [3.8, 4) is 0 Å². The second-order valence-corrected chi connectivity index (χ2v) is 7.51. The molecule has 3 aromatic rings. The molecule has 1 aliphatic heterocycles. The first kappa shape index (κ1) is 17.5. The number of fused-ring (bicyclic) bond motifs is 1. The highest BCUT2D eigenvalue weighted by molar-refractivity contribution is 5.70. The molecule has 5 heteroatoms. The summed E-state index contributed by atoms with van der Waals surface area (Å²) >= 11 is 0. The van der Waals surface area contributed by atoms with E-state index in [9.17, 15) is 0 Å². The van der Waals surface area contributed by atoms with Crippen LogP contribution >= 0.6 is 0 Å². The molecule has 0 amide bonds. The van der Waals surface area contributed by atoms with Gasteiger partial charge < -0.3 is 10.2 Å². The predicted octanol–water partition coefficient (Wildman–Crippen LogP) is 5.13. The summed E-state index contributed by atoms with van der Waals surface area (Å²) in [6.07, 6.45) is 2.75. The molecule has 1 N–H and O–H groups in total. The second kappa shape index (κ2) is 6.99. The van der Waals surface area contributed by atoms with Crippen molar-refractivity contribution in [2.75, 3.05) is 10.2 Å². The van der Waals surface area contributed by atoms with Crippen molar-refractivity contribution in [1.82, 2.24) is 15.2 Å². The standard InChI is InChI=1S/C22H25N5/c1-14(2)18-10-7-8-15(3)21(18)25-22-24-20(13-23-26-22)27-16(4)12-17-9-5-6-11-19(17)27/h5-11,13-14,16H,12H2,1-4H3,(H,24,25,26). The number of aryl methyl sites for hydroxylation is 1. The molecule has 27 heavy (non-hydrogen) atoms. The highest BCUT2D eigenvalue weighted by atomic mass is 15.3. The Morgan fingerprint density at radius 3 is 2.74 bits per heavy atom. The van der Waals surface area contributed by atoms with E-state index in [0.717, 1.165) is 17.9 Å². The molecule has 0 saturated heterocycles. The predicted molar refractivity (Wildman–Crippen MR) is 110 cm³/mol. The molecule has 1 aromatic heterocycles. The summed E-state index contributed by atoms with van der Waals surface area (Å²) in [6.45, 7) is 8.70. The fourth-order valence-electron chi connectivity index (χ4n) is 3.83. The van der Waals surface area contributed by atoms with Crippen LogP contribution in [0.25, 0.3) is 0 Å². The smallest absolute Gasteiger partial charge is 0.249 e. The summed E-state index contributed by atoms with van der Waals surface area (Å²) in [5.74, 6) is 1.76. The van der Waals surface area contributed by atoms with Crippen molar-refractivity contribution in [2.45, 2.75) is 46.1 Å². The van der Waals surface area contributed by atoms with Gasteiger partial charge in [0, 0.05) is 17.4 Å². The van der Waals surface area contributed by atoms with Gasteiger partial charge in [-0.1, -0.05) is 50.2 Å². The molecule has 0 bridgehead atoms. The Labute approximate surface area is 160 Å². The molecular weight excluding hydrogens is 334 g/mol. The Hall–Kier alpha value is -2.95. The molecule has 5 nitrogen and oxygen atoms in total. The number of anilines is 4. The lowest BCUT2D eigenvalue weighted by molar-refractivity contribution is 0.745. The molecule has 0 spiro atoms. The van der Waals surface area contributed by atoms with Crippen LogP contribution in [-0.4, -0.2) is 21.2 Å². The molecule has 0 saturated carbocycles. The maximum absolute atomic E-state index is 4.78. The lowest BCUT2D eigenvalue weighted by Gasteiger charge is -2.24. The molecule has 0 radical (unpaired) electrons. The van der Waals surface area contributed by atoms with Gasteiger partial charge in [0.2, 0.25) is 5.95 Å². The highest BCUT2D eigenvalue weighted by Crippen LogP contribution is 2.37. The van der Waals surface area contributed by atoms with Crippen molar-refractivity contribution in [3.05, 3.63) is 65.4 Å². The van der Waals surface area contributed by atoms with Crippen LogP contribution < -0.4 is 10.2 Å². The monoisotopic (exact) mass is 359 g/mol. The van der Waals surface area contributed by atoms with E-state index in [4.69, 9.17) is 4.98 Å². The molecule has 4 rings (SSSR count). The number of hydrogen-bond donors (Lipinski definition) is 1. The summed E-state index contributed by atoms with van der Waals surface area (Å²) in [6, 6.07) is 15.2. The molecule has 2 aromatic carbocycles. The molecule has 138 valence electrons. The van der Waals surface area contributed by atoms with E-state index in [1.165, 1.54) is 22.4 Å². The number of nitrogens with zero attached hydrogens (tertiary/aromatic N) is 4. The van der Waals surface area contributed by atoms with Crippen LogP contribution in [0.3, 0.4) is 0 Å². The van der Waals surface area contributed by atoms with Crippen LogP contribution in [0.5, 0.6) is 0 Å². The largest absolute Gasteiger partial charge is 0.322 e. The molecule has 1 unspecified atom stereocenters. The van der Waals surface area contributed by atoms with Gasteiger partial charge in [-0.3, -0.25) is 0 Å². The first-order chi connectivity index (χ1) is 13.0. The van der Waals surface area contributed by atoms with E-state index in [-0.39, 0.29) is 0 Å². The topological polar surface area (TPSA) is 53.9 Å². The first-order valence-electron chi connectivity index (χ1n) is 9.48. The third-order valence-electron chi connectivity index (χ3n) is 5.16. The maximum atomic E-state index is 4.78. The second-order valence-electron chi connectivity index (χ2n) is 7.51. The van der Waals surface area contributed by atoms with Crippen LogP contribution in [0, 0.1) is 6.92 Å². The number of nitrogens with one attached hydrogen (secondary N) is 1. The van der Waals surface area contributed by atoms with E-state index in [1.54, 1.807) is 6.20 Å². The van der Waals surface area contributed by atoms with Crippen molar-refractivity contribution >= 4 is 23.1 Å². The Morgan fingerprint density at radius 1 is 1.11 bits per heavy atom. The van der Waals surface area contributed by atoms with Gasteiger partial charge in [0.25, 0.3) is 0 Å². The normalized spacial score (nSPS) is 15.9. The van der Waals surface area contributed by atoms with Crippen LogP contribution in [0.15, 0.2) is 48.7 Å². The molecule has 2 heterocycles. The van der Waals surface area contributed by atoms with Crippen molar-refractivity contribution in [3.63, 3.8) is 0 Å². The number of aromatic nitrogens is 3. The molecular formula is C22H25N5. The Balaban J connectivity index is 1.69. The SMILES string of the molecule is Cc1cccc(C(C)C)c1Nc1nncc(N2c3ccccc3CC2C)n1. The van der Waals surface area contributed by atoms with Crippen molar-refractivity contribution in [2.24, 2.45) is 0 Å². The molecule has 1 aliphatic rings. The van der Waals surface area contributed by atoms with E-state index in [0.29, 0.717) is 17.9 Å².